The lowest BCUT2D eigenvalue weighted by molar-refractivity contribution is -2.00. The quantitative estimate of drug-likeness (QED) is 0.0441. The zero-order valence-electron chi connectivity index (χ0n) is 51.0. The molecule has 0 heterocycles. The van der Waals surface area contributed by atoms with Gasteiger partial charge in [-0.15, -0.1) is 10.2 Å². The maximum Gasteiger partial charge on any atom is 0.407 e. The summed E-state index contributed by atoms with van der Waals surface area (Å²) in [6.07, 6.45) is -0.744. The molecule has 468 valence electrons. The topological polar surface area (TPSA) is 243 Å². The minimum absolute atomic E-state index is 0.0344. The number of esters is 1. The van der Waals surface area contributed by atoms with Gasteiger partial charge in [0, 0.05) is 24.0 Å². The first-order chi connectivity index (χ1) is 43.8. The van der Waals surface area contributed by atoms with E-state index in [1.54, 1.807) is 18.2 Å². The summed E-state index contributed by atoms with van der Waals surface area (Å²) in [4.78, 5) is 55.4. The molecule has 16 nitrogen and oxygen atoms in total. The second-order valence-electron chi connectivity index (χ2n) is 22.6. The van der Waals surface area contributed by atoms with Crippen molar-refractivity contribution in [2.75, 3.05) is 20.3 Å². The van der Waals surface area contributed by atoms with E-state index in [1.807, 2.05) is 87.5 Å². The summed E-state index contributed by atoms with van der Waals surface area (Å²) in [6.45, 7) is 6.97. The standard InChI is InChI=1S/C73H70N3O9P.ClHO4/c1-50(74-69(77)66(44-51-22-10-6-11-23-51)75-70(78)67(49-85-73(2,3)4)76-72(80)84-48-65-63-32-20-18-30-61(63)62-31-19-21-33-64(62)65)71(79)83-47-55-38-41-56(45-68(55)81-5)82-46-52-34-36-53(37-35-52)54-39-42-60(43-40-54)86(57-24-12-7-13-25-57,58-26-14-8-15-27-58)59-28-16-9-17-29-59;2-1(3,4)5/h6-43,45,50,65-67H,44,46-49H2,1-5H3,(H2-,74,75,76,77,78,80);(H,2,3,4,5)/t50-,66-,67-;/m0./s1. The van der Waals surface area contributed by atoms with Gasteiger partial charge in [0.1, 0.15) is 77.9 Å². The van der Waals surface area contributed by atoms with Crippen molar-refractivity contribution in [3.63, 3.8) is 0 Å². The molecular formula is C73H71ClN3O13P. The molecule has 0 aliphatic heterocycles. The first-order valence-electron chi connectivity index (χ1n) is 29.5. The molecular weight excluding hydrogens is 1190 g/mol. The third-order valence-electron chi connectivity index (χ3n) is 15.3. The van der Waals surface area contributed by atoms with E-state index in [0.717, 1.165) is 44.5 Å². The molecule has 10 rings (SSSR count). The average Bonchev–Trinajstić information content (AvgIpc) is 0.980. The SMILES string of the molecule is COc1cc(OCc2ccc(-c3ccc([P+](c4ccccc4)(c4ccccc4)c4ccccc4)cc3)cc2)ccc1COC(=O)[C@H](C)NC(=O)[C@H](Cc1ccccc1)NC(=O)[C@H](COC(C)(C)C)NC(=O)OCC1c2ccccc2-c2ccccc21.[O-][Cl+3]([O-])([O-])[O-]. The highest BCUT2D eigenvalue weighted by Gasteiger charge is 2.47. The van der Waals surface area contributed by atoms with Gasteiger partial charge >= 0.3 is 12.1 Å². The molecule has 0 saturated heterocycles. The second-order valence-corrected chi connectivity index (χ2v) is 26.8. The zero-order valence-corrected chi connectivity index (χ0v) is 52.6. The van der Waals surface area contributed by atoms with Crippen LogP contribution in [0.2, 0.25) is 0 Å². The summed E-state index contributed by atoms with van der Waals surface area (Å²) in [5.41, 5.74) is 8.09. The van der Waals surface area contributed by atoms with Gasteiger partial charge in [0.25, 0.3) is 0 Å². The van der Waals surface area contributed by atoms with Crippen molar-refractivity contribution < 1.29 is 71.7 Å². The van der Waals surface area contributed by atoms with Gasteiger partial charge in [0.15, 0.2) is 0 Å². The number of nitrogens with one attached hydrogen (secondary N) is 3. The first kappa shape index (κ1) is 66.2. The Kier molecular flexibility index (Phi) is 22.2. The minimum atomic E-state index is -4.94. The average molecular weight is 1260 g/mol. The van der Waals surface area contributed by atoms with Crippen LogP contribution < -0.4 is 65.3 Å². The largest absolute Gasteiger partial charge is 0.496 e. The Labute approximate surface area is 532 Å². The predicted molar refractivity (Wildman–Crippen MR) is 341 cm³/mol. The number of ether oxygens (including phenoxy) is 5. The maximum atomic E-state index is 14.2. The van der Waals surface area contributed by atoms with Crippen LogP contribution in [-0.2, 0) is 48.2 Å². The van der Waals surface area contributed by atoms with Crippen LogP contribution in [-0.4, -0.2) is 67.9 Å². The molecule has 0 saturated carbocycles. The van der Waals surface area contributed by atoms with Gasteiger partial charge in [-0.1, -0.05) is 170 Å². The molecule has 3 N–H and O–H groups in total. The molecule has 91 heavy (non-hydrogen) atoms. The molecule has 18 heteroatoms. The van der Waals surface area contributed by atoms with E-state index in [2.05, 4.69) is 168 Å². The molecule has 0 aromatic heterocycles. The Bertz CT molecular complexity index is 3720. The van der Waals surface area contributed by atoms with Crippen molar-refractivity contribution in [2.24, 2.45) is 0 Å². The molecule has 1 aliphatic carbocycles. The molecule has 3 atom stereocenters. The predicted octanol–water partition coefficient (Wildman–Crippen LogP) is 6.80. The Hall–Kier alpha value is -9.22. The first-order valence-corrected chi connectivity index (χ1v) is 32.5. The number of benzene rings is 9. The van der Waals surface area contributed by atoms with Crippen molar-refractivity contribution in [3.05, 3.63) is 264 Å². The van der Waals surface area contributed by atoms with Crippen molar-refractivity contribution in [1.82, 2.24) is 16.0 Å². The smallest absolute Gasteiger partial charge is 0.407 e. The highest BCUT2D eigenvalue weighted by atomic mass is 35.7. The minimum Gasteiger partial charge on any atom is -0.496 e. The van der Waals surface area contributed by atoms with Crippen LogP contribution in [0.4, 0.5) is 4.79 Å². The summed E-state index contributed by atoms with van der Waals surface area (Å²) in [6, 6.07) is 76.8. The van der Waals surface area contributed by atoms with Crippen LogP contribution in [0.25, 0.3) is 22.3 Å². The van der Waals surface area contributed by atoms with Crippen molar-refractivity contribution >= 4 is 52.4 Å². The molecule has 1 aliphatic rings. The van der Waals surface area contributed by atoms with E-state index in [1.165, 1.54) is 35.3 Å². The number of hydrogen-bond donors (Lipinski definition) is 3. The van der Waals surface area contributed by atoms with Gasteiger partial charge in [-0.2, -0.15) is 0 Å². The Morgan fingerprint density at radius 2 is 1.00 bits per heavy atom. The lowest BCUT2D eigenvalue weighted by Gasteiger charge is -2.27. The number of amides is 3. The maximum absolute atomic E-state index is 14.2. The molecule has 9 aromatic rings. The van der Waals surface area contributed by atoms with Crippen LogP contribution in [0.1, 0.15) is 61.4 Å². The van der Waals surface area contributed by atoms with Crippen LogP contribution in [0, 0.1) is 10.2 Å². The summed E-state index contributed by atoms with van der Waals surface area (Å²) < 4.78 is 63.4. The van der Waals surface area contributed by atoms with Gasteiger partial charge in [0.2, 0.25) is 11.8 Å². The highest BCUT2D eigenvalue weighted by molar-refractivity contribution is 8.01. The molecule has 0 unspecified atom stereocenters. The summed E-state index contributed by atoms with van der Waals surface area (Å²) in [7, 11) is -5.63. The fourth-order valence-electron chi connectivity index (χ4n) is 10.9. The van der Waals surface area contributed by atoms with Gasteiger partial charge in [-0.25, -0.2) is 28.2 Å². The number of hydrogen-bond acceptors (Lipinski definition) is 13. The van der Waals surface area contributed by atoms with E-state index in [-0.39, 0.29) is 32.2 Å². The van der Waals surface area contributed by atoms with Crippen molar-refractivity contribution in [3.8, 4) is 33.8 Å². The van der Waals surface area contributed by atoms with Gasteiger partial charge in [-0.05, 0) is 133 Å². The number of rotatable bonds is 23. The number of alkyl carbamates (subject to hydrolysis) is 1. The van der Waals surface area contributed by atoms with E-state index < -0.39 is 65.1 Å². The lowest BCUT2D eigenvalue weighted by atomic mass is 9.98. The van der Waals surface area contributed by atoms with Crippen LogP contribution in [0.5, 0.6) is 11.5 Å². The van der Waals surface area contributed by atoms with E-state index in [4.69, 9.17) is 42.3 Å². The number of carbonyl (C=O) groups excluding carboxylic acids is 4. The third kappa shape index (κ3) is 17.6. The number of fused-ring (bicyclic) bond motifs is 3. The fraction of sp³-hybridized carbons (Fsp3) is 0.205. The molecule has 0 radical (unpaired) electrons. The molecule has 3 amide bonds. The van der Waals surface area contributed by atoms with Crippen molar-refractivity contribution in [1.29, 1.82) is 0 Å². The molecule has 0 spiro atoms. The molecule has 9 aromatic carbocycles. The summed E-state index contributed by atoms with van der Waals surface area (Å²) >= 11 is 0. The Morgan fingerprint density at radius 1 is 0.527 bits per heavy atom. The molecule has 0 fully saturated rings. The van der Waals surface area contributed by atoms with Crippen LogP contribution in [0.15, 0.2) is 237 Å². The van der Waals surface area contributed by atoms with Crippen LogP contribution >= 0.6 is 7.26 Å². The Balaban J connectivity index is 0.00000189. The zero-order chi connectivity index (χ0) is 64.5. The third-order valence-corrected chi connectivity index (χ3v) is 19.6. The molecule has 0 bridgehead atoms. The normalized spacial score (nSPS) is 12.9. The fourth-order valence-corrected chi connectivity index (χ4v) is 15.1. The van der Waals surface area contributed by atoms with E-state index in [0.29, 0.717) is 23.7 Å². The van der Waals surface area contributed by atoms with Crippen LogP contribution in [0.3, 0.4) is 0 Å². The summed E-state index contributed by atoms with van der Waals surface area (Å²) in [5.74, 6) is -1.21. The lowest BCUT2D eigenvalue weighted by Crippen LogP contribution is -2.68. The van der Waals surface area contributed by atoms with E-state index >= 15 is 0 Å². The summed E-state index contributed by atoms with van der Waals surface area (Å²) in [5, 5.41) is 13.4. The number of halogens is 1. The van der Waals surface area contributed by atoms with Crippen molar-refractivity contribution in [2.45, 2.75) is 77.0 Å². The Morgan fingerprint density at radius 3 is 1.52 bits per heavy atom. The number of carbonyl (C=O) groups is 4. The number of methoxy groups -OCH3 is 1. The van der Waals surface area contributed by atoms with Gasteiger partial charge in [-0.3, -0.25) is 9.59 Å². The highest BCUT2D eigenvalue weighted by Crippen LogP contribution is 2.54. The van der Waals surface area contributed by atoms with Gasteiger partial charge < -0.3 is 39.6 Å². The van der Waals surface area contributed by atoms with Gasteiger partial charge in [0.05, 0.1) is 19.3 Å². The monoisotopic (exact) mass is 1260 g/mol. The van der Waals surface area contributed by atoms with E-state index in [9.17, 15) is 19.2 Å². The second kappa shape index (κ2) is 30.5.